The number of nitrogens with zero attached hydrogens (tertiary/aromatic N) is 3. The van der Waals surface area contributed by atoms with Crippen molar-refractivity contribution in [1.29, 1.82) is 10.5 Å². The molecule has 0 atom stereocenters. The highest BCUT2D eigenvalue weighted by atomic mass is 16.4. The second kappa shape index (κ2) is 6.22. The molecular formula is C22H9N3O4. The summed E-state index contributed by atoms with van der Waals surface area (Å²) in [5.41, 5.74) is 2.00. The molecule has 1 aliphatic carbocycles. The van der Waals surface area contributed by atoms with Crippen molar-refractivity contribution in [2.75, 3.05) is 0 Å². The number of fused-ring (bicyclic) bond motifs is 2. The fourth-order valence-electron chi connectivity index (χ4n) is 3.32. The largest absolute Gasteiger partial charge is 0.459 e. The van der Waals surface area contributed by atoms with Crippen LogP contribution in [0.5, 0.6) is 0 Å². The van der Waals surface area contributed by atoms with Gasteiger partial charge in [0.1, 0.15) is 23.5 Å². The Morgan fingerprint density at radius 3 is 2.52 bits per heavy atom. The van der Waals surface area contributed by atoms with E-state index in [1.54, 1.807) is 42.5 Å². The first-order valence-corrected chi connectivity index (χ1v) is 8.54. The molecule has 0 saturated carbocycles. The van der Waals surface area contributed by atoms with Crippen LogP contribution in [0.3, 0.4) is 0 Å². The summed E-state index contributed by atoms with van der Waals surface area (Å²) in [6, 6.07) is 15.6. The summed E-state index contributed by atoms with van der Waals surface area (Å²) in [5.74, 6) is 0.789. The first-order chi connectivity index (χ1) is 14.2. The quantitative estimate of drug-likeness (QED) is 0.364. The Labute approximate surface area is 163 Å². The van der Waals surface area contributed by atoms with E-state index in [0.29, 0.717) is 33.8 Å². The SMILES string of the molecule is N#CC(C#N)=C1/C(=C/c2cc3oc(-c4ccco4)nc3o2)C(=O)c2ccccc21. The van der Waals surface area contributed by atoms with Crippen LogP contribution < -0.4 is 0 Å². The molecule has 0 radical (unpaired) electrons. The number of nitriles is 2. The lowest BCUT2D eigenvalue weighted by atomic mass is 9.99. The topological polar surface area (TPSA) is 117 Å². The number of hydrogen-bond acceptors (Lipinski definition) is 7. The number of benzene rings is 1. The molecule has 0 spiro atoms. The molecule has 3 heterocycles. The summed E-state index contributed by atoms with van der Waals surface area (Å²) in [7, 11) is 0. The predicted molar refractivity (Wildman–Crippen MR) is 101 cm³/mol. The van der Waals surface area contributed by atoms with Crippen LogP contribution in [-0.2, 0) is 0 Å². The van der Waals surface area contributed by atoms with Gasteiger partial charge < -0.3 is 13.3 Å². The van der Waals surface area contributed by atoms with E-state index in [9.17, 15) is 15.3 Å². The fraction of sp³-hybridized carbons (Fsp3) is 0. The minimum absolute atomic E-state index is 0.136. The average Bonchev–Trinajstić information content (AvgIpc) is 3.49. The molecule has 29 heavy (non-hydrogen) atoms. The van der Waals surface area contributed by atoms with E-state index in [4.69, 9.17) is 13.3 Å². The molecule has 0 N–H and O–H groups in total. The van der Waals surface area contributed by atoms with Crippen molar-refractivity contribution >= 4 is 28.7 Å². The standard InChI is InChI=1S/C22H9N3O4/c23-10-12(11-24)19-14-4-1-2-5-15(14)20(26)16(19)8-13-9-18-22(28-13)25-21(29-18)17-6-3-7-27-17/h1-9H/b16-8-. The molecule has 7 nitrogen and oxygen atoms in total. The van der Waals surface area contributed by atoms with Gasteiger partial charge >= 0.3 is 0 Å². The van der Waals surface area contributed by atoms with Gasteiger partial charge in [-0.1, -0.05) is 24.3 Å². The van der Waals surface area contributed by atoms with E-state index in [0.717, 1.165) is 0 Å². The van der Waals surface area contributed by atoms with E-state index >= 15 is 0 Å². The summed E-state index contributed by atoms with van der Waals surface area (Å²) < 4.78 is 16.6. The Morgan fingerprint density at radius 2 is 1.83 bits per heavy atom. The number of ketones is 1. The van der Waals surface area contributed by atoms with E-state index in [1.807, 2.05) is 12.1 Å². The monoisotopic (exact) mass is 379 g/mol. The molecule has 0 aliphatic heterocycles. The third-order valence-electron chi connectivity index (χ3n) is 4.56. The van der Waals surface area contributed by atoms with Crippen LogP contribution in [-0.4, -0.2) is 10.8 Å². The van der Waals surface area contributed by atoms with Crippen LogP contribution in [0.4, 0.5) is 0 Å². The van der Waals surface area contributed by atoms with Crippen LogP contribution >= 0.6 is 0 Å². The number of furan rings is 2. The molecule has 4 aromatic rings. The predicted octanol–water partition coefficient (Wildman–Crippen LogP) is 4.76. The molecule has 0 fully saturated rings. The molecule has 0 unspecified atom stereocenters. The molecular weight excluding hydrogens is 370 g/mol. The molecule has 5 rings (SSSR count). The van der Waals surface area contributed by atoms with Crippen molar-refractivity contribution in [1.82, 2.24) is 4.98 Å². The third kappa shape index (κ3) is 2.50. The van der Waals surface area contributed by atoms with Gasteiger partial charge in [0.25, 0.3) is 11.6 Å². The number of carbonyl (C=O) groups is 1. The minimum Gasteiger partial charge on any atom is -0.459 e. The molecule has 0 saturated heterocycles. The molecule has 1 aliphatic rings. The van der Waals surface area contributed by atoms with Crippen molar-refractivity contribution in [3.8, 4) is 23.8 Å². The number of carbonyl (C=O) groups excluding carboxylic acids is 1. The van der Waals surface area contributed by atoms with Gasteiger partial charge in [-0.25, -0.2) is 0 Å². The minimum atomic E-state index is -0.282. The first-order valence-electron chi connectivity index (χ1n) is 8.54. The molecule has 0 amide bonds. The molecule has 3 aromatic heterocycles. The lowest BCUT2D eigenvalue weighted by Gasteiger charge is -2.00. The van der Waals surface area contributed by atoms with Crippen LogP contribution in [0, 0.1) is 22.7 Å². The molecule has 7 heteroatoms. The van der Waals surface area contributed by atoms with E-state index < -0.39 is 0 Å². The summed E-state index contributed by atoms with van der Waals surface area (Å²) >= 11 is 0. The zero-order valence-electron chi connectivity index (χ0n) is 14.7. The Morgan fingerprint density at radius 1 is 1.03 bits per heavy atom. The number of oxazole rings is 1. The van der Waals surface area contributed by atoms with E-state index in [2.05, 4.69) is 4.98 Å². The average molecular weight is 379 g/mol. The lowest BCUT2D eigenvalue weighted by Crippen LogP contribution is -1.95. The second-order valence-corrected chi connectivity index (χ2v) is 6.22. The normalized spacial score (nSPS) is 14.2. The zero-order chi connectivity index (χ0) is 20.0. The van der Waals surface area contributed by atoms with Gasteiger partial charge in [0, 0.05) is 22.8 Å². The Bertz CT molecular complexity index is 1390. The Hall–Kier alpha value is -4.62. The smallest absolute Gasteiger partial charge is 0.266 e. The number of aromatic nitrogens is 1. The molecule has 136 valence electrons. The Balaban J connectivity index is 1.63. The maximum atomic E-state index is 12.9. The van der Waals surface area contributed by atoms with Crippen LogP contribution in [0.15, 0.2) is 73.1 Å². The van der Waals surface area contributed by atoms with Crippen molar-refractivity contribution in [2.45, 2.75) is 0 Å². The van der Waals surface area contributed by atoms with Crippen molar-refractivity contribution < 1.29 is 18.0 Å². The summed E-state index contributed by atoms with van der Waals surface area (Å²) in [6.07, 6.45) is 3.01. The van der Waals surface area contributed by atoms with Gasteiger partial charge in [-0.3, -0.25) is 4.79 Å². The second-order valence-electron chi connectivity index (χ2n) is 6.22. The van der Waals surface area contributed by atoms with Gasteiger partial charge in [0.15, 0.2) is 17.1 Å². The number of Topliss-reactive ketones (excluding diaryl/α,β-unsaturated/α-hetero) is 1. The summed E-state index contributed by atoms with van der Waals surface area (Å²) in [6.45, 7) is 0. The number of allylic oxidation sites excluding steroid dienone is 3. The number of rotatable bonds is 2. The maximum Gasteiger partial charge on any atom is 0.266 e. The first kappa shape index (κ1) is 16.5. The highest BCUT2D eigenvalue weighted by Crippen LogP contribution is 2.40. The van der Waals surface area contributed by atoms with Crippen molar-refractivity contribution in [3.63, 3.8) is 0 Å². The van der Waals surface area contributed by atoms with Crippen LogP contribution in [0.25, 0.3) is 34.6 Å². The zero-order valence-corrected chi connectivity index (χ0v) is 14.7. The van der Waals surface area contributed by atoms with Crippen molar-refractivity contribution in [2.24, 2.45) is 0 Å². The van der Waals surface area contributed by atoms with Gasteiger partial charge in [-0.15, -0.1) is 0 Å². The number of hydrogen-bond donors (Lipinski definition) is 0. The van der Waals surface area contributed by atoms with Gasteiger partial charge in [-0.2, -0.15) is 15.5 Å². The highest BCUT2D eigenvalue weighted by molar-refractivity contribution is 6.29. The molecule has 0 bridgehead atoms. The lowest BCUT2D eigenvalue weighted by molar-refractivity contribution is 0.104. The Kier molecular flexibility index (Phi) is 3.55. The van der Waals surface area contributed by atoms with E-state index in [1.165, 1.54) is 12.3 Å². The molecule has 1 aromatic carbocycles. The van der Waals surface area contributed by atoms with Gasteiger partial charge in [-0.05, 0) is 23.8 Å². The fourth-order valence-corrected chi connectivity index (χ4v) is 3.32. The van der Waals surface area contributed by atoms with Crippen LogP contribution in [0.1, 0.15) is 21.7 Å². The van der Waals surface area contributed by atoms with E-state index in [-0.39, 0.29) is 28.5 Å². The van der Waals surface area contributed by atoms with Gasteiger partial charge in [0.2, 0.25) is 0 Å². The summed E-state index contributed by atoms with van der Waals surface area (Å²) in [4.78, 5) is 17.1. The van der Waals surface area contributed by atoms with Crippen LogP contribution in [0.2, 0.25) is 0 Å². The van der Waals surface area contributed by atoms with Gasteiger partial charge in [0.05, 0.1) is 6.26 Å². The third-order valence-corrected chi connectivity index (χ3v) is 4.56. The summed E-state index contributed by atoms with van der Waals surface area (Å²) in [5, 5.41) is 18.7. The highest BCUT2D eigenvalue weighted by Gasteiger charge is 2.32. The van der Waals surface area contributed by atoms with Crippen molar-refractivity contribution in [3.05, 3.63) is 76.8 Å². The maximum absolute atomic E-state index is 12.9.